The quantitative estimate of drug-likeness (QED) is 0.384. The summed E-state index contributed by atoms with van der Waals surface area (Å²) in [6, 6.07) is 8.58. The first kappa shape index (κ1) is 26.4. The van der Waals surface area contributed by atoms with E-state index in [1.165, 1.54) is 32.1 Å². The van der Waals surface area contributed by atoms with Crippen LogP contribution in [0.25, 0.3) is 32.9 Å². The number of fused-ring (bicyclic) bond motifs is 2. The fraction of sp³-hybridized carbons (Fsp3) is 0.516. The van der Waals surface area contributed by atoms with E-state index in [1.807, 2.05) is 18.5 Å². The summed E-state index contributed by atoms with van der Waals surface area (Å²) in [4.78, 5) is 30.8. The predicted molar refractivity (Wildman–Crippen MR) is 160 cm³/mol. The molecule has 1 aromatic carbocycles. The molecule has 2 N–H and O–H groups in total. The molecule has 2 atom stereocenters. The van der Waals surface area contributed by atoms with Gasteiger partial charge in [0, 0.05) is 55.4 Å². The van der Waals surface area contributed by atoms with Crippen molar-refractivity contribution in [3.8, 4) is 11.1 Å². The Balaban J connectivity index is 1.38. The monoisotopic (exact) mass is 558 g/mol. The first-order chi connectivity index (χ1) is 20.1. The second-order valence-electron chi connectivity index (χ2n) is 11.7. The highest BCUT2D eigenvalue weighted by Gasteiger charge is 2.34. The summed E-state index contributed by atoms with van der Waals surface area (Å²) in [6.07, 6.45) is 9.77. The zero-order valence-electron chi connectivity index (χ0n) is 23.6. The number of nitrogens with one attached hydrogen (secondary N) is 1. The molecule has 0 amide bonds. The predicted octanol–water partition coefficient (Wildman–Crippen LogP) is 3.46. The minimum Gasteiger partial charge on any atom is -0.394 e. The molecule has 3 fully saturated rings. The molecular formula is C31H38N6O4. The number of benzene rings is 1. The van der Waals surface area contributed by atoms with Gasteiger partial charge in [0.1, 0.15) is 11.3 Å². The molecule has 2 aliphatic heterocycles. The number of aliphatic hydroxyl groups is 1. The van der Waals surface area contributed by atoms with Crippen molar-refractivity contribution in [2.45, 2.75) is 44.2 Å². The van der Waals surface area contributed by atoms with E-state index in [0.717, 1.165) is 39.8 Å². The SMILES string of the molecule is Cn1cc(-c2ccc3nc(N4CCOC(CO)C4)nc(N4CCOCC4C4CCCCC4)c3c2)c2cc[nH]c2c1=O. The maximum Gasteiger partial charge on any atom is 0.274 e. The van der Waals surface area contributed by atoms with Crippen molar-refractivity contribution in [3.63, 3.8) is 0 Å². The third-order valence-corrected chi connectivity index (χ3v) is 9.13. The Morgan fingerprint density at radius 2 is 1.95 bits per heavy atom. The van der Waals surface area contributed by atoms with Crippen LogP contribution >= 0.6 is 0 Å². The third-order valence-electron chi connectivity index (χ3n) is 9.13. The second kappa shape index (κ2) is 11.1. The molecule has 0 spiro atoms. The van der Waals surface area contributed by atoms with Crippen LogP contribution in [0.15, 0.2) is 41.5 Å². The summed E-state index contributed by atoms with van der Waals surface area (Å²) in [5.74, 6) is 2.19. The van der Waals surface area contributed by atoms with E-state index in [9.17, 15) is 9.90 Å². The first-order valence-electron chi connectivity index (χ1n) is 14.9. The maximum absolute atomic E-state index is 12.7. The van der Waals surface area contributed by atoms with Crippen molar-refractivity contribution in [1.82, 2.24) is 19.5 Å². The van der Waals surface area contributed by atoms with Crippen LogP contribution in [0.1, 0.15) is 32.1 Å². The number of aromatic amines is 1. The number of H-pyrrole nitrogens is 1. The minimum atomic E-state index is -0.249. The number of morpholine rings is 2. The van der Waals surface area contributed by atoms with Crippen molar-refractivity contribution in [3.05, 3.63) is 47.0 Å². The Morgan fingerprint density at radius 3 is 2.80 bits per heavy atom. The van der Waals surface area contributed by atoms with Crippen LogP contribution in [-0.4, -0.2) is 82.8 Å². The van der Waals surface area contributed by atoms with Crippen LogP contribution in [0, 0.1) is 5.92 Å². The Kier molecular flexibility index (Phi) is 7.14. The number of anilines is 2. The summed E-state index contributed by atoms with van der Waals surface area (Å²) in [6.45, 7) is 3.89. The molecule has 1 saturated carbocycles. The van der Waals surface area contributed by atoms with Gasteiger partial charge in [0.2, 0.25) is 5.95 Å². The fourth-order valence-electron chi connectivity index (χ4n) is 6.93. The van der Waals surface area contributed by atoms with E-state index >= 15 is 0 Å². The average Bonchev–Trinajstić information content (AvgIpc) is 3.53. The molecule has 7 rings (SSSR count). The highest BCUT2D eigenvalue weighted by Crippen LogP contribution is 2.38. The molecule has 5 heterocycles. The number of aryl methyl sites for hydroxylation is 1. The lowest BCUT2D eigenvalue weighted by Gasteiger charge is -2.43. The van der Waals surface area contributed by atoms with Crippen LogP contribution in [-0.2, 0) is 16.5 Å². The van der Waals surface area contributed by atoms with Gasteiger partial charge in [-0.2, -0.15) is 4.98 Å². The second-order valence-corrected chi connectivity index (χ2v) is 11.7. The van der Waals surface area contributed by atoms with Gasteiger partial charge in [0.25, 0.3) is 5.56 Å². The van der Waals surface area contributed by atoms with Gasteiger partial charge in [-0.15, -0.1) is 0 Å². The standard InChI is InChI=1S/C31H38N6O4/c1-35-17-25(23-9-10-32-28(23)30(35)39)21-7-8-26-24(15-21)29(34-31(33-26)36-11-14-41-22(16-36)18-38)37-12-13-40-19-27(37)20-5-3-2-4-6-20/h7-10,15,17,20,22,27,32,38H,2-6,11-14,16,18-19H2,1H3. The van der Waals surface area contributed by atoms with Gasteiger partial charge >= 0.3 is 0 Å². The van der Waals surface area contributed by atoms with E-state index < -0.39 is 0 Å². The summed E-state index contributed by atoms with van der Waals surface area (Å²) >= 11 is 0. The molecule has 0 radical (unpaired) electrons. The number of nitrogens with zero attached hydrogens (tertiary/aromatic N) is 5. The number of aliphatic hydroxyl groups excluding tert-OH is 1. The number of pyridine rings is 1. The van der Waals surface area contributed by atoms with Gasteiger partial charge < -0.3 is 33.9 Å². The number of ether oxygens (including phenoxy) is 2. The lowest BCUT2D eigenvalue weighted by Crippen LogP contribution is -2.51. The van der Waals surface area contributed by atoms with Gasteiger partial charge in [-0.25, -0.2) is 4.98 Å². The van der Waals surface area contributed by atoms with E-state index in [0.29, 0.717) is 50.3 Å². The highest BCUT2D eigenvalue weighted by atomic mass is 16.5. The van der Waals surface area contributed by atoms with Crippen molar-refractivity contribution in [2.24, 2.45) is 13.0 Å². The topological polar surface area (TPSA) is 109 Å². The number of aromatic nitrogens is 4. The minimum absolute atomic E-state index is 0.0271. The van der Waals surface area contributed by atoms with Crippen molar-refractivity contribution in [1.29, 1.82) is 0 Å². The van der Waals surface area contributed by atoms with Crippen LogP contribution in [0.4, 0.5) is 11.8 Å². The van der Waals surface area contributed by atoms with Gasteiger partial charge in [0.05, 0.1) is 44.1 Å². The lowest BCUT2D eigenvalue weighted by atomic mass is 9.83. The molecule has 4 aromatic rings. The van der Waals surface area contributed by atoms with Crippen LogP contribution < -0.4 is 15.4 Å². The van der Waals surface area contributed by atoms with Crippen molar-refractivity contribution in [2.75, 3.05) is 55.9 Å². The molecule has 3 aliphatic rings. The van der Waals surface area contributed by atoms with E-state index in [2.05, 4.69) is 33.0 Å². The smallest absolute Gasteiger partial charge is 0.274 e. The molecular weight excluding hydrogens is 520 g/mol. The Hall–Kier alpha value is -3.47. The summed E-state index contributed by atoms with van der Waals surface area (Å²) in [5.41, 5.74) is 3.45. The normalized spacial score (nSPS) is 22.6. The zero-order chi connectivity index (χ0) is 27.9. The van der Waals surface area contributed by atoms with Gasteiger partial charge in [-0.05, 0) is 42.5 Å². The number of hydrogen-bond acceptors (Lipinski definition) is 8. The fourth-order valence-corrected chi connectivity index (χ4v) is 6.93. The van der Waals surface area contributed by atoms with Gasteiger partial charge in [-0.3, -0.25) is 4.79 Å². The number of rotatable bonds is 5. The molecule has 3 aromatic heterocycles. The largest absolute Gasteiger partial charge is 0.394 e. The third kappa shape index (κ3) is 4.87. The molecule has 41 heavy (non-hydrogen) atoms. The van der Waals surface area contributed by atoms with Gasteiger partial charge in [0.15, 0.2) is 0 Å². The summed E-state index contributed by atoms with van der Waals surface area (Å²) in [7, 11) is 1.79. The Bertz CT molecular complexity index is 1610. The van der Waals surface area contributed by atoms with Crippen LogP contribution in [0.5, 0.6) is 0 Å². The Labute approximate surface area is 238 Å². The van der Waals surface area contributed by atoms with Crippen LogP contribution in [0.2, 0.25) is 0 Å². The molecule has 2 unspecified atom stereocenters. The number of hydrogen-bond donors (Lipinski definition) is 2. The van der Waals surface area contributed by atoms with Crippen molar-refractivity contribution < 1.29 is 14.6 Å². The van der Waals surface area contributed by atoms with E-state index in [1.54, 1.807) is 11.6 Å². The Morgan fingerprint density at radius 1 is 1.07 bits per heavy atom. The van der Waals surface area contributed by atoms with Crippen LogP contribution in [0.3, 0.4) is 0 Å². The zero-order valence-corrected chi connectivity index (χ0v) is 23.6. The van der Waals surface area contributed by atoms with Gasteiger partial charge in [-0.1, -0.05) is 25.3 Å². The molecule has 10 nitrogen and oxygen atoms in total. The summed E-state index contributed by atoms with van der Waals surface area (Å²) in [5, 5.41) is 11.7. The molecule has 216 valence electrons. The van der Waals surface area contributed by atoms with Crippen molar-refractivity contribution >= 4 is 33.6 Å². The maximum atomic E-state index is 12.7. The molecule has 10 heteroatoms. The molecule has 0 bridgehead atoms. The highest BCUT2D eigenvalue weighted by molar-refractivity contribution is 5.99. The summed E-state index contributed by atoms with van der Waals surface area (Å²) < 4.78 is 13.4. The molecule has 2 saturated heterocycles. The van der Waals surface area contributed by atoms with E-state index in [4.69, 9.17) is 19.4 Å². The molecule has 1 aliphatic carbocycles. The average molecular weight is 559 g/mol. The van der Waals surface area contributed by atoms with E-state index in [-0.39, 0.29) is 24.3 Å². The lowest BCUT2D eigenvalue weighted by molar-refractivity contribution is 0.00315. The first-order valence-corrected chi connectivity index (χ1v) is 14.9.